The Kier molecular flexibility index (Phi) is 6.57. The number of benzene rings is 1. The Labute approximate surface area is 134 Å². The number of halogens is 3. The van der Waals surface area contributed by atoms with Crippen LogP contribution in [-0.2, 0) is 30.9 Å². The molecule has 0 aromatic heterocycles. The van der Waals surface area contributed by atoms with E-state index in [4.69, 9.17) is 4.74 Å². The Morgan fingerprint density at radius 3 is 2.75 bits per heavy atom. The predicted molar refractivity (Wildman–Crippen MR) is 53.8 cm³/mol. The zero-order valence-corrected chi connectivity index (χ0v) is 13.6. The van der Waals surface area contributed by atoms with Crippen molar-refractivity contribution in [3.05, 3.63) is 51.7 Å². The first-order valence-electron chi connectivity index (χ1n) is 4.09. The van der Waals surface area contributed by atoms with Crippen molar-refractivity contribution < 1.29 is 55.8 Å². The maximum atomic E-state index is 5.42. The van der Waals surface area contributed by atoms with Crippen molar-refractivity contribution in [2.75, 3.05) is 0 Å². The van der Waals surface area contributed by atoms with Gasteiger partial charge in [-0.05, 0) is 17.9 Å². The molecule has 1 aliphatic carbocycles. The topological polar surface area (TPSA) is 9.23 Å². The van der Waals surface area contributed by atoms with Gasteiger partial charge in [0.15, 0.2) is 0 Å². The summed E-state index contributed by atoms with van der Waals surface area (Å²) in [6.07, 6.45) is 6.94. The van der Waals surface area contributed by atoms with Crippen LogP contribution < -0.4 is 24.8 Å². The monoisotopic (exact) mass is 393 g/mol. The fraction of sp³-hybridized carbons (Fsp3) is 0.0909. The quantitative estimate of drug-likeness (QED) is 0.432. The average molecular weight is 396 g/mol. The van der Waals surface area contributed by atoms with Gasteiger partial charge >= 0.3 is 26.2 Å². The second-order valence-corrected chi connectivity index (χ2v) is 4.07. The molecule has 16 heavy (non-hydrogen) atoms. The van der Waals surface area contributed by atoms with Crippen LogP contribution in [0, 0.1) is 6.08 Å². The molecule has 0 saturated heterocycles. The van der Waals surface area contributed by atoms with Gasteiger partial charge in [0.25, 0.3) is 0 Å². The van der Waals surface area contributed by atoms with Gasteiger partial charge < -0.3 is 29.6 Å². The molecule has 1 heterocycles. The molecule has 0 saturated carbocycles. The molecule has 5 heteroatoms. The molecular formula is C11H6BrCl2OZr. The average Bonchev–Trinajstić information content (AvgIpc) is 2.62. The van der Waals surface area contributed by atoms with Gasteiger partial charge in [0, 0.05) is 4.47 Å². The Morgan fingerprint density at radius 1 is 1.25 bits per heavy atom. The van der Waals surface area contributed by atoms with E-state index in [0.717, 1.165) is 10.0 Å². The summed E-state index contributed by atoms with van der Waals surface area (Å²) in [6.45, 7) is 0. The fourth-order valence-corrected chi connectivity index (χ4v) is 2.13. The van der Waals surface area contributed by atoms with Gasteiger partial charge in [-0.1, -0.05) is 33.6 Å². The number of fused-ring (bicyclic) bond motifs is 3. The van der Waals surface area contributed by atoms with Crippen LogP contribution in [0.5, 0.6) is 0 Å². The molecule has 1 unspecified atom stereocenters. The summed E-state index contributed by atoms with van der Waals surface area (Å²) in [5.74, 6) is 0. The van der Waals surface area contributed by atoms with E-state index in [2.05, 4.69) is 40.2 Å². The van der Waals surface area contributed by atoms with Crippen LogP contribution in [0.25, 0.3) is 6.08 Å². The van der Waals surface area contributed by atoms with Gasteiger partial charge in [0.1, 0.15) is 6.10 Å². The zero-order chi connectivity index (χ0) is 8.84. The molecule has 1 aromatic rings. The zero-order valence-electron chi connectivity index (χ0n) is 8.01. The van der Waals surface area contributed by atoms with Crippen molar-refractivity contribution in [2.45, 2.75) is 6.10 Å². The normalized spacial score (nSPS) is 18.1. The Balaban J connectivity index is 0.000000750. The molecule has 1 nitrogen and oxygen atoms in total. The number of ether oxygens (including phenoxy) is 1. The largest absolute Gasteiger partial charge is 3.00 e. The summed E-state index contributed by atoms with van der Waals surface area (Å²) in [5, 5.41) is 0. The van der Waals surface area contributed by atoms with Gasteiger partial charge in [0.05, 0.1) is 0 Å². The van der Waals surface area contributed by atoms with Crippen LogP contribution in [0.15, 0.2) is 34.5 Å². The van der Waals surface area contributed by atoms with Gasteiger partial charge in [-0.3, -0.25) is 0 Å². The summed E-state index contributed by atoms with van der Waals surface area (Å²) in [6, 6.07) is 6.23. The Hall–Kier alpha value is 0.443. The van der Waals surface area contributed by atoms with E-state index in [1.807, 2.05) is 6.07 Å². The van der Waals surface area contributed by atoms with E-state index in [-0.39, 0.29) is 57.1 Å². The predicted octanol–water partition coefficient (Wildman–Crippen LogP) is -2.76. The first-order chi connectivity index (χ1) is 6.34. The third kappa shape index (κ3) is 2.64. The third-order valence-corrected chi connectivity index (χ3v) is 2.85. The molecular weight excluding hydrogens is 390 g/mol. The maximum absolute atomic E-state index is 5.42. The van der Waals surface area contributed by atoms with Crippen LogP contribution >= 0.6 is 15.9 Å². The summed E-state index contributed by atoms with van der Waals surface area (Å²) >= 11 is 3.45. The minimum Gasteiger partial charge on any atom is -1.00 e. The van der Waals surface area contributed by atoms with Crippen LogP contribution in [-0.4, -0.2) is 0 Å². The van der Waals surface area contributed by atoms with Crippen molar-refractivity contribution in [1.29, 1.82) is 0 Å². The van der Waals surface area contributed by atoms with Crippen molar-refractivity contribution in [3.63, 3.8) is 0 Å². The van der Waals surface area contributed by atoms with E-state index in [9.17, 15) is 0 Å². The second-order valence-electron chi connectivity index (χ2n) is 3.15. The molecule has 81 valence electrons. The maximum Gasteiger partial charge on any atom is 3.00 e. The molecule has 0 N–H and O–H groups in total. The Bertz CT molecular complexity index is 446. The van der Waals surface area contributed by atoms with E-state index in [1.165, 1.54) is 11.1 Å². The van der Waals surface area contributed by atoms with Crippen LogP contribution in [0.3, 0.4) is 0 Å². The standard InChI is InChI=1S/C11H6BrO.2ClH.Zr/c12-9-1-2-10-8(6-9)5-7-3-4-13-11(7)10;;;/h1-2,4-6,11H;2*1H;/q-1;;;+3/p-2. The van der Waals surface area contributed by atoms with E-state index >= 15 is 0 Å². The van der Waals surface area contributed by atoms with Gasteiger partial charge in [-0.25, -0.2) is 6.08 Å². The molecule has 2 aliphatic rings. The van der Waals surface area contributed by atoms with Crippen molar-refractivity contribution in [2.24, 2.45) is 0 Å². The molecule has 1 radical (unpaired) electrons. The fourth-order valence-electron chi connectivity index (χ4n) is 1.75. The molecule has 3 rings (SSSR count). The molecule has 1 aliphatic heterocycles. The first-order valence-corrected chi connectivity index (χ1v) is 4.88. The van der Waals surface area contributed by atoms with Gasteiger partial charge in [-0.15, -0.1) is 0 Å². The molecule has 0 bridgehead atoms. The second kappa shape index (κ2) is 6.40. The van der Waals surface area contributed by atoms with Crippen molar-refractivity contribution in [1.82, 2.24) is 0 Å². The van der Waals surface area contributed by atoms with E-state index < -0.39 is 0 Å². The molecule has 1 aromatic carbocycles. The van der Waals surface area contributed by atoms with E-state index in [0.29, 0.717) is 0 Å². The van der Waals surface area contributed by atoms with Gasteiger partial charge in [-0.2, -0.15) is 11.6 Å². The molecule has 0 fully saturated rings. The minimum atomic E-state index is 0. The van der Waals surface area contributed by atoms with E-state index in [1.54, 1.807) is 6.26 Å². The van der Waals surface area contributed by atoms with Crippen LogP contribution in [0.1, 0.15) is 17.2 Å². The number of rotatable bonds is 0. The summed E-state index contributed by atoms with van der Waals surface area (Å²) in [5.41, 5.74) is 3.60. The van der Waals surface area contributed by atoms with Gasteiger partial charge in [0.2, 0.25) is 0 Å². The molecule has 0 spiro atoms. The first kappa shape index (κ1) is 16.4. The molecule has 1 atom stereocenters. The van der Waals surface area contributed by atoms with Crippen molar-refractivity contribution in [3.8, 4) is 0 Å². The van der Waals surface area contributed by atoms with Crippen LogP contribution in [0.4, 0.5) is 0 Å². The Morgan fingerprint density at radius 2 is 2.00 bits per heavy atom. The number of hydrogen-bond acceptors (Lipinski definition) is 1. The minimum absolute atomic E-state index is 0. The molecule has 0 amide bonds. The SMILES string of the molecule is Brc1ccc2c(c1)C=C1[C-]=COC12.[Cl-].[Cl-].[Zr+3]. The summed E-state index contributed by atoms with van der Waals surface area (Å²) in [7, 11) is 0. The summed E-state index contributed by atoms with van der Waals surface area (Å²) < 4.78 is 6.53. The third-order valence-electron chi connectivity index (χ3n) is 2.35. The smallest absolute Gasteiger partial charge is 1.00 e. The van der Waals surface area contributed by atoms with Crippen LogP contribution in [0.2, 0.25) is 0 Å². The van der Waals surface area contributed by atoms with Crippen molar-refractivity contribution >= 4 is 22.0 Å². The summed E-state index contributed by atoms with van der Waals surface area (Å²) in [4.78, 5) is 0. The number of hydrogen-bond donors (Lipinski definition) is 0.